The van der Waals surface area contributed by atoms with Crippen LogP contribution in [0.3, 0.4) is 0 Å². The first-order chi connectivity index (χ1) is 10.5. The fourth-order valence-corrected chi connectivity index (χ4v) is 1.74. The minimum Gasteiger partial charge on any atom is -0.394 e. The molecule has 0 amide bonds. The lowest BCUT2D eigenvalue weighted by Crippen LogP contribution is -2.41. The van der Waals surface area contributed by atoms with Gasteiger partial charge in [-0.15, -0.1) is 12.4 Å². The molecule has 0 atom stereocenters. The van der Waals surface area contributed by atoms with Gasteiger partial charge in [-0.3, -0.25) is 10.3 Å². The van der Waals surface area contributed by atoms with Crippen molar-refractivity contribution in [1.29, 1.82) is 0 Å². The maximum absolute atomic E-state index is 8.53. The number of nitrogens with zero attached hydrogens (tertiary/aromatic N) is 2. The van der Waals surface area contributed by atoms with Crippen molar-refractivity contribution < 1.29 is 9.84 Å². The molecule has 1 aromatic rings. The van der Waals surface area contributed by atoms with Crippen molar-refractivity contribution in [2.75, 3.05) is 26.4 Å². The fourth-order valence-electron chi connectivity index (χ4n) is 1.42. The third-order valence-electron chi connectivity index (χ3n) is 2.43. The zero-order valence-electron chi connectivity index (χ0n) is 12.3. The number of ether oxygens (including phenoxy) is 1. The monoisotopic (exact) mass is 383 g/mol. The van der Waals surface area contributed by atoms with Crippen molar-refractivity contribution in [1.82, 2.24) is 5.32 Å². The van der Waals surface area contributed by atoms with Gasteiger partial charge in [0, 0.05) is 0 Å². The number of hydrogen-bond acceptors (Lipinski definition) is 4. The molecule has 0 unspecified atom stereocenters. The van der Waals surface area contributed by atoms with Crippen molar-refractivity contribution in [3.63, 3.8) is 0 Å². The van der Waals surface area contributed by atoms with Crippen LogP contribution in [0.2, 0.25) is 10.0 Å². The molecule has 0 aliphatic rings. The summed E-state index contributed by atoms with van der Waals surface area (Å²) < 4.78 is 5.04. The molecule has 1 aromatic carbocycles. The molecule has 7 nitrogen and oxygen atoms in total. The van der Waals surface area contributed by atoms with Gasteiger partial charge >= 0.3 is 0 Å². The molecule has 130 valence electrons. The molecule has 1 rings (SSSR count). The van der Waals surface area contributed by atoms with E-state index in [1.54, 1.807) is 18.2 Å². The number of guanidine groups is 2. The molecule has 0 aliphatic carbocycles. The van der Waals surface area contributed by atoms with E-state index in [2.05, 4.69) is 15.3 Å². The van der Waals surface area contributed by atoms with Gasteiger partial charge in [-0.1, -0.05) is 29.3 Å². The maximum Gasteiger partial charge on any atom is 0.195 e. The number of hydrogen-bond donors (Lipinski definition) is 4. The summed E-state index contributed by atoms with van der Waals surface area (Å²) in [6.45, 7) is 1.31. The van der Waals surface area contributed by atoms with Crippen LogP contribution in [-0.2, 0) is 11.3 Å². The molecule has 0 spiro atoms. The molecule has 23 heavy (non-hydrogen) atoms. The lowest BCUT2D eigenvalue weighted by Gasteiger charge is -2.05. The number of aliphatic imine (C=N–C) groups is 2. The Balaban J connectivity index is 0.00000484. The number of aliphatic hydroxyl groups excluding tert-OH is 1. The second-order valence-corrected chi connectivity index (χ2v) is 4.99. The van der Waals surface area contributed by atoms with E-state index < -0.39 is 0 Å². The predicted molar refractivity (Wildman–Crippen MR) is 96.6 cm³/mol. The largest absolute Gasteiger partial charge is 0.394 e. The topological polar surface area (TPSA) is 118 Å². The summed E-state index contributed by atoms with van der Waals surface area (Å²) in [7, 11) is 0. The minimum absolute atomic E-state index is 0. The Hall–Kier alpha value is -1.25. The minimum atomic E-state index is -0.0221. The number of nitrogens with one attached hydrogen (secondary N) is 1. The number of rotatable bonds is 7. The highest BCUT2D eigenvalue weighted by Crippen LogP contribution is 2.22. The van der Waals surface area contributed by atoms with Crippen LogP contribution in [0, 0.1) is 0 Å². The Bertz CT molecular complexity index is 540. The highest BCUT2D eigenvalue weighted by Gasteiger charge is 2.00. The molecule has 0 fully saturated rings. The Kier molecular flexibility index (Phi) is 11.5. The fraction of sp³-hybridized carbons (Fsp3) is 0.385. The Morgan fingerprint density at radius 3 is 2.48 bits per heavy atom. The van der Waals surface area contributed by atoms with Crippen LogP contribution < -0.4 is 16.8 Å². The molecule has 6 N–H and O–H groups in total. The normalized spacial score (nSPS) is 12.0. The zero-order valence-corrected chi connectivity index (χ0v) is 14.7. The summed E-state index contributed by atoms with van der Waals surface area (Å²) >= 11 is 11.7. The highest BCUT2D eigenvalue weighted by atomic mass is 35.5. The van der Waals surface area contributed by atoms with Crippen molar-refractivity contribution in [2.45, 2.75) is 6.54 Å². The molecular formula is C13H20Cl3N5O2. The Labute approximate surface area is 151 Å². The first kappa shape index (κ1) is 21.8. The lowest BCUT2D eigenvalue weighted by molar-refractivity contribution is 0.0978. The van der Waals surface area contributed by atoms with E-state index in [-0.39, 0.29) is 37.5 Å². The zero-order chi connectivity index (χ0) is 16.4. The van der Waals surface area contributed by atoms with E-state index in [0.29, 0.717) is 29.7 Å². The van der Waals surface area contributed by atoms with Gasteiger partial charge in [0.1, 0.15) is 0 Å². The first-order valence-corrected chi connectivity index (χ1v) is 7.28. The van der Waals surface area contributed by atoms with E-state index >= 15 is 0 Å². The number of benzene rings is 1. The summed E-state index contributed by atoms with van der Waals surface area (Å²) in [6.07, 6.45) is 0. The van der Waals surface area contributed by atoms with Crippen molar-refractivity contribution >= 4 is 47.5 Å². The highest BCUT2D eigenvalue weighted by molar-refractivity contribution is 6.42. The van der Waals surface area contributed by atoms with Crippen LogP contribution in [0.1, 0.15) is 5.56 Å². The van der Waals surface area contributed by atoms with Crippen molar-refractivity contribution in [3.05, 3.63) is 33.8 Å². The van der Waals surface area contributed by atoms with Crippen molar-refractivity contribution in [2.24, 2.45) is 21.5 Å². The Morgan fingerprint density at radius 1 is 1.13 bits per heavy atom. The molecule has 0 saturated carbocycles. The van der Waals surface area contributed by atoms with Gasteiger partial charge in [0.15, 0.2) is 11.9 Å². The molecule has 0 aromatic heterocycles. The van der Waals surface area contributed by atoms with Crippen molar-refractivity contribution in [3.8, 4) is 0 Å². The van der Waals surface area contributed by atoms with E-state index in [1.807, 2.05) is 0 Å². The number of halogens is 3. The van der Waals surface area contributed by atoms with E-state index in [1.165, 1.54) is 0 Å². The van der Waals surface area contributed by atoms with Crippen LogP contribution in [0.15, 0.2) is 28.2 Å². The summed E-state index contributed by atoms with van der Waals surface area (Å²) in [5, 5.41) is 12.1. The molecular weight excluding hydrogens is 365 g/mol. The third kappa shape index (κ3) is 9.47. The van der Waals surface area contributed by atoms with E-state index in [9.17, 15) is 0 Å². The van der Waals surface area contributed by atoms with Gasteiger partial charge in [-0.25, -0.2) is 4.99 Å². The average molecular weight is 385 g/mol. The van der Waals surface area contributed by atoms with E-state index in [0.717, 1.165) is 5.56 Å². The Morgan fingerprint density at radius 2 is 1.83 bits per heavy atom. The molecule has 0 radical (unpaired) electrons. The predicted octanol–water partition coefficient (Wildman–Crippen LogP) is 1.14. The molecule has 10 heteroatoms. The molecule has 0 saturated heterocycles. The van der Waals surface area contributed by atoms with Crippen LogP contribution >= 0.6 is 35.6 Å². The first-order valence-electron chi connectivity index (χ1n) is 6.52. The van der Waals surface area contributed by atoms with Gasteiger partial charge in [0.05, 0.1) is 43.0 Å². The molecule has 0 bridgehead atoms. The second-order valence-electron chi connectivity index (χ2n) is 4.18. The summed E-state index contributed by atoms with van der Waals surface area (Å²) in [5.41, 5.74) is 12.2. The summed E-state index contributed by atoms with van der Waals surface area (Å²) in [5.74, 6) is 0.284. The van der Waals surface area contributed by atoms with Gasteiger partial charge in [0.25, 0.3) is 0 Å². The van der Waals surface area contributed by atoms with Gasteiger partial charge in [-0.05, 0) is 17.7 Å². The summed E-state index contributed by atoms with van der Waals surface area (Å²) in [6, 6.07) is 5.22. The average Bonchev–Trinajstić information content (AvgIpc) is 2.48. The summed E-state index contributed by atoms with van der Waals surface area (Å²) in [4.78, 5) is 8.11. The van der Waals surface area contributed by atoms with Crippen LogP contribution in [0.4, 0.5) is 0 Å². The van der Waals surface area contributed by atoms with Gasteiger partial charge in [0.2, 0.25) is 0 Å². The number of nitrogens with two attached hydrogens (primary N) is 2. The van der Waals surface area contributed by atoms with Gasteiger partial charge < -0.3 is 21.3 Å². The van der Waals surface area contributed by atoms with Crippen LogP contribution in [-0.4, -0.2) is 43.4 Å². The smallest absolute Gasteiger partial charge is 0.195 e. The second kappa shape index (κ2) is 12.2. The SMILES string of the molecule is Cl.NC(=NCCOCCO)NC(N)=NCc1ccc(Cl)c(Cl)c1. The quantitative estimate of drug-likeness (QED) is 0.319. The van der Waals surface area contributed by atoms with Crippen LogP contribution in [0.25, 0.3) is 0 Å². The van der Waals surface area contributed by atoms with Crippen LogP contribution in [0.5, 0.6) is 0 Å². The number of aliphatic hydroxyl groups is 1. The third-order valence-corrected chi connectivity index (χ3v) is 3.16. The molecule has 0 heterocycles. The maximum atomic E-state index is 8.53. The lowest BCUT2D eigenvalue weighted by atomic mass is 10.2. The molecule has 0 aliphatic heterocycles. The van der Waals surface area contributed by atoms with Gasteiger partial charge in [-0.2, -0.15) is 0 Å². The standard InChI is InChI=1S/C13H19Cl2N5O2.ClH/c14-10-2-1-9(7-11(10)15)8-19-13(17)20-12(16)18-3-5-22-6-4-21;/h1-2,7,21H,3-6,8H2,(H5,16,17,18,19,20);1H. The van der Waals surface area contributed by atoms with E-state index in [4.69, 9.17) is 44.5 Å².